The number of carbonyl (C=O) groups is 1. The van der Waals surface area contributed by atoms with Crippen LogP contribution < -0.4 is 5.32 Å². The number of rotatable bonds is 67. The van der Waals surface area contributed by atoms with Crippen molar-refractivity contribution in [2.24, 2.45) is 0 Å². The standard InChI is InChI=1S/C86H149NO13/c1-3-5-7-9-11-13-15-17-19-21-23-25-27-29-31-33-34-35-36-37-38-39-40-42-44-46-48-50-52-54-56-58-60-62-64-66-68-70-78(91)87-74(73-97-85-83(96)81(94)84(77(72-89)99-85)100-86-82(95)80(93)79(92)76(71-88)98-86)75(90)69-67-65-63-61-59-57-55-53-51-49-47-45-43-41-32-30-28-26-24-22-20-18-16-14-12-10-8-6-4-2/h5,7,11,13,17,19,23,25,29,31,34-35,37-38,40,42,46,48,52,54,74-77,79-86,88-90,92-96H,3-4,6,8-10,12,14-16,18,20-22,24,26-28,30,32-33,36,39,41,43-45,47,49-51,53,55-73H2,1-2H3,(H,87,91)/b7-5-,13-11-,19-17-,25-23-,31-29-,35-34-,38-37-,42-40-,48-46-,54-52-. The van der Waals surface area contributed by atoms with Crippen molar-refractivity contribution in [3.63, 3.8) is 0 Å². The largest absolute Gasteiger partial charge is 0.394 e. The molecule has 0 radical (unpaired) electrons. The Morgan fingerprint density at radius 1 is 0.370 bits per heavy atom. The molecule has 9 N–H and O–H groups in total. The molecule has 0 bridgehead atoms. The number of amides is 1. The Bertz CT molecular complexity index is 2150. The van der Waals surface area contributed by atoms with Crippen LogP contribution in [0.5, 0.6) is 0 Å². The van der Waals surface area contributed by atoms with Crippen LogP contribution in [0.4, 0.5) is 0 Å². The summed E-state index contributed by atoms with van der Waals surface area (Å²) in [5, 5.41) is 87.9. The fourth-order valence-electron chi connectivity index (χ4n) is 12.8. The van der Waals surface area contributed by atoms with Crippen LogP contribution in [-0.2, 0) is 23.7 Å². The third-order valence-electron chi connectivity index (χ3n) is 19.2. The minimum atomic E-state index is -1.79. The molecule has 100 heavy (non-hydrogen) atoms. The normalized spacial score (nSPS) is 22.5. The highest BCUT2D eigenvalue weighted by atomic mass is 16.7. The molecule has 0 aliphatic carbocycles. The van der Waals surface area contributed by atoms with Gasteiger partial charge in [-0.25, -0.2) is 0 Å². The van der Waals surface area contributed by atoms with Crippen LogP contribution in [0.1, 0.15) is 322 Å². The zero-order chi connectivity index (χ0) is 72.2. The zero-order valence-corrected chi connectivity index (χ0v) is 63.2. The highest BCUT2D eigenvalue weighted by Crippen LogP contribution is 2.30. The number of nitrogens with one attached hydrogen (secondary N) is 1. The van der Waals surface area contributed by atoms with Gasteiger partial charge < -0.3 is 65.1 Å². The lowest BCUT2D eigenvalue weighted by Gasteiger charge is -2.46. The van der Waals surface area contributed by atoms with Gasteiger partial charge in [-0.2, -0.15) is 0 Å². The molecule has 2 rings (SSSR count). The summed E-state index contributed by atoms with van der Waals surface area (Å²) in [6, 6.07) is -0.848. The highest BCUT2D eigenvalue weighted by molar-refractivity contribution is 5.76. The highest BCUT2D eigenvalue weighted by Gasteiger charge is 2.51. The van der Waals surface area contributed by atoms with Crippen molar-refractivity contribution in [2.45, 2.75) is 396 Å². The van der Waals surface area contributed by atoms with Gasteiger partial charge in [-0.3, -0.25) is 4.79 Å². The second-order valence-corrected chi connectivity index (χ2v) is 28.2. The van der Waals surface area contributed by atoms with Crippen molar-refractivity contribution in [3.8, 4) is 0 Å². The minimum absolute atomic E-state index is 0.222. The molecule has 0 spiro atoms. The smallest absolute Gasteiger partial charge is 0.220 e. The second kappa shape index (κ2) is 68.5. The molecule has 0 saturated carbocycles. The van der Waals surface area contributed by atoms with Crippen LogP contribution in [0.3, 0.4) is 0 Å². The first kappa shape index (κ1) is 92.5. The van der Waals surface area contributed by atoms with Crippen molar-refractivity contribution in [2.75, 3.05) is 19.8 Å². The molecule has 14 heteroatoms. The molecule has 576 valence electrons. The molecular formula is C86H149NO13. The Kier molecular flexibility index (Phi) is 63.3. The number of ether oxygens (including phenoxy) is 4. The summed E-state index contributed by atoms with van der Waals surface area (Å²) in [6.45, 7) is 2.77. The van der Waals surface area contributed by atoms with Crippen LogP contribution in [-0.4, -0.2) is 140 Å². The second-order valence-electron chi connectivity index (χ2n) is 28.2. The van der Waals surface area contributed by atoms with E-state index in [1.165, 1.54) is 161 Å². The summed E-state index contributed by atoms with van der Waals surface area (Å²) in [5.74, 6) is -0.222. The number of allylic oxidation sites excluding steroid dienone is 20. The maximum atomic E-state index is 13.4. The van der Waals surface area contributed by atoms with Gasteiger partial charge in [-0.15, -0.1) is 0 Å². The molecule has 2 saturated heterocycles. The Balaban J connectivity index is 1.63. The Morgan fingerprint density at radius 3 is 1.06 bits per heavy atom. The molecule has 0 aromatic carbocycles. The van der Waals surface area contributed by atoms with Gasteiger partial charge in [0.2, 0.25) is 5.91 Å². The first-order chi connectivity index (χ1) is 49.1. The van der Waals surface area contributed by atoms with Gasteiger partial charge in [0.15, 0.2) is 12.6 Å². The van der Waals surface area contributed by atoms with Gasteiger partial charge in [0, 0.05) is 6.42 Å². The van der Waals surface area contributed by atoms with Gasteiger partial charge in [0.25, 0.3) is 0 Å². The minimum Gasteiger partial charge on any atom is -0.394 e. The van der Waals surface area contributed by atoms with E-state index in [4.69, 9.17) is 18.9 Å². The maximum Gasteiger partial charge on any atom is 0.220 e. The van der Waals surface area contributed by atoms with Crippen molar-refractivity contribution in [1.82, 2.24) is 5.32 Å². The molecule has 0 aromatic heterocycles. The van der Waals surface area contributed by atoms with Gasteiger partial charge in [-0.05, 0) is 89.9 Å². The lowest BCUT2D eigenvalue weighted by atomic mass is 9.97. The Labute approximate surface area is 609 Å². The first-order valence-electron chi connectivity index (χ1n) is 40.8. The van der Waals surface area contributed by atoms with Gasteiger partial charge in [0.05, 0.1) is 32.0 Å². The van der Waals surface area contributed by atoms with E-state index in [1.807, 2.05) is 0 Å². The Morgan fingerprint density at radius 2 is 0.690 bits per heavy atom. The van der Waals surface area contributed by atoms with Crippen molar-refractivity contribution in [3.05, 3.63) is 122 Å². The van der Waals surface area contributed by atoms with Crippen molar-refractivity contribution >= 4 is 5.91 Å². The van der Waals surface area contributed by atoms with E-state index < -0.39 is 86.8 Å². The van der Waals surface area contributed by atoms with Crippen LogP contribution in [0.2, 0.25) is 0 Å². The summed E-state index contributed by atoms with van der Waals surface area (Å²) in [5.41, 5.74) is 0. The number of unbranched alkanes of at least 4 members (excludes halogenated alkanes) is 34. The summed E-state index contributed by atoms with van der Waals surface area (Å²) in [7, 11) is 0. The van der Waals surface area contributed by atoms with Crippen LogP contribution in [0.25, 0.3) is 0 Å². The molecule has 12 unspecified atom stereocenters. The average molecular weight is 1410 g/mol. The summed E-state index contributed by atoms with van der Waals surface area (Å²) >= 11 is 0. The molecule has 2 heterocycles. The molecule has 14 nitrogen and oxygen atoms in total. The number of hydrogen-bond acceptors (Lipinski definition) is 13. The zero-order valence-electron chi connectivity index (χ0n) is 63.2. The van der Waals surface area contributed by atoms with Crippen LogP contribution in [0, 0.1) is 0 Å². The molecule has 2 aliphatic rings. The number of aliphatic hydroxyl groups excluding tert-OH is 8. The summed E-state index contributed by atoms with van der Waals surface area (Å²) < 4.78 is 23.0. The lowest BCUT2D eigenvalue weighted by Crippen LogP contribution is -2.65. The predicted molar refractivity (Wildman–Crippen MR) is 415 cm³/mol. The van der Waals surface area contributed by atoms with E-state index in [0.717, 1.165) is 128 Å². The maximum absolute atomic E-state index is 13.4. The topological polar surface area (TPSA) is 228 Å². The monoisotopic (exact) mass is 1400 g/mol. The molecule has 12 atom stereocenters. The third kappa shape index (κ3) is 50.7. The molecular weight excluding hydrogens is 1250 g/mol. The summed E-state index contributed by atoms with van der Waals surface area (Å²) in [6.07, 6.45) is 83.7. The van der Waals surface area contributed by atoms with E-state index in [0.29, 0.717) is 12.8 Å². The first-order valence-corrected chi connectivity index (χ1v) is 40.8. The molecule has 2 fully saturated rings. The molecule has 1 amide bonds. The molecule has 2 aliphatic heterocycles. The average Bonchev–Trinajstić information content (AvgIpc) is 0.791. The third-order valence-corrected chi connectivity index (χ3v) is 19.2. The number of carbonyl (C=O) groups excluding carboxylic acids is 1. The van der Waals surface area contributed by atoms with Gasteiger partial charge in [0.1, 0.15) is 48.8 Å². The Hall–Kier alpha value is -3.61. The number of hydrogen-bond donors (Lipinski definition) is 9. The van der Waals surface area contributed by atoms with E-state index >= 15 is 0 Å². The van der Waals surface area contributed by atoms with E-state index in [-0.39, 0.29) is 18.9 Å². The lowest BCUT2D eigenvalue weighted by molar-refractivity contribution is -0.359. The quantitative estimate of drug-likeness (QED) is 0.0204. The van der Waals surface area contributed by atoms with Crippen LogP contribution in [0.15, 0.2) is 122 Å². The van der Waals surface area contributed by atoms with E-state index in [1.54, 1.807) is 0 Å². The predicted octanol–water partition coefficient (Wildman–Crippen LogP) is 18.8. The van der Waals surface area contributed by atoms with Crippen molar-refractivity contribution in [1.29, 1.82) is 0 Å². The van der Waals surface area contributed by atoms with E-state index in [9.17, 15) is 45.6 Å². The van der Waals surface area contributed by atoms with E-state index in [2.05, 4.69) is 141 Å². The number of aliphatic hydroxyl groups is 8. The van der Waals surface area contributed by atoms with Gasteiger partial charge in [-0.1, -0.05) is 347 Å². The fraction of sp³-hybridized carbons (Fsp3) is 0.756. The SMILES string of the molecule is CC/C=C\C/C=C\C/C=C\C/C=C\C/C=C\C/C=C\C/C=C\C/C=C\C/C=C\C/C=C\CCCCCCCCC(=O)NC(COC1OC(CO)C(OC2OC(CO)C(O)C(O)C2O)C(O)C1O)C(O)CCCCCCCCCCCCCCCCCCCCCCCCCCCCCCC. The molecule has 0 aromatic rings. The van der Waals surface area contributed by atoms with Crippen LogP contribution >= 0.6 is 0 Å². The summed E-state index contributed by atoms with van der Waals surface area (Å²) in [4.78, 5) is 13.4. The fourth-order valence-corrected chi connectivity index (χ4v) is 12.8. The van der Waals surface area contributed by atoms with Crippen molar-refractivity contribution < 1.29 is 64.6 Å². The van der Waals surface area contributed by atoms with Gasteiger partial charge >= 0.3 is 0 Å².